The Labute approximate surface area is 161 Å². The van der Waals surface area contributed by atoms with Crippen molar-refractivity contribution in [2.75, 3.05) is 20.7 Å². The van der Waals surface area contributed by atoms with Crippen molar-refractivity contribution in [1.82, 2.24) is 4.31 Å². The van der Waals surface area contributed by atoms with E-state index in [1.165, 1.54) is 56.8 Å². The lowest BCUT2D eigenvalue weighted by atomic mass is 10.1. The van der Waals surface area contributed by atoms with Crippen molar-refractivity contribution < 1.29 is 32.3 Å². The predicted octanol–water partition coefficient (Wildman–Crippen LogP) is 2.43. The molecule has 0 aliphatic heterocycles. The molecule has 3 rings (SSSR count). The molecule has 0 atom stereocenters. The smallest absolute Gasteiger partial charge is 0.338 e. The van der Waals surface area contributed by atoms with Crippen LogP contribution in [0.2, 0.25) is 0 Å². The summed E-state index contributed by atoms with van der Waals surface area (Å²) in [6.45, 7) is -0.532. The fraction of sp³-hybridized carbons (Fsp3) is 0.158. The van der Waals surface area contributed by atoms with Gasteiger partial charge in [0.05, 0.1) is 22.1 Å². The average Bonchev–Trinajstić information content (AvgIpc) is 3.15. The summed E-state index contributed by atoms with van der Waals surface area (Å²) < 4.78 is 35.3. The van der Waals surface area contributed by atoms with E-state index in [1.54, 1.807) is 6.07 Å². The number of hydrogen-bond acceptors (Lipinski definition) is 7. The molecule has 1 N–H and O–H groups in total. The topological polar surface area (TPSA) is 114 Å². The second kappa shape index (κ2) is 7.45. The summed E-state index contributed by atoms with van der Waals surface area (Å²) in [5.74, 6) is -1.43. The second-order valence-corrected chi connectivity index (χ2v) is 8.29. The number of esters is 1. The number of fused-ring (bicyclic) bond motifs is 1. The molecule has 0 aliphatic carbocycles. The van der Waals surface area contributed by atoms with Crippen LogP contribution in [0.3, 0.4) is 0 Å². The van der Waals surface area contributed by atoms with Crippen LogP contribution in [0.15, 0.2) is 58.0 Å². The number of hydrogen-bond donors (Lipinski definition) is 1. The van der Waals surface area contributed by atoms with Gasteiger partial charge in [-0.05, 0) is 42.5 Å². The first kappa shape index (κ1) is 19.6. The van der Waals surface area contributed by atoms with E-state index in [0.717, 1.165) is 4.31 Å². The Kier molecular flexibility index (Phi) is 5.21. The molecule has 8 nitrogen and oxygen atoms in total. The van der Waals surface area contributed by atoms with Gasteiger partial charge in [-0.3, -0.25) is 4.79 Å². The third kappa shape index (κ3) is 3.75. The number of phenolic OH excluding ortho intramolecular Hbond substituents is 1. The van der Waals surface area contributed by atoms with Crippen LogP contribution >= 0.6 is 0 Å². The first-order valence-electron chi connectivity index (χ1n) is 8.13. The normalized spacial score (nSPS) is 11.7. The van der Waals surface area contributed by atoms with E-state index in [9.17, 15) is 23.1 Å². The Balaban J connectivity index is 1.68. The van der Waals surface area contributed by atoms with Crippen molar-refractivity contribution in [3.8, 4) is 5.75 Å². The van der Waals surface area contributed by atoms with Crippen molar-refractivity contribution in [1.29, 1.82) is 0 Å². The summed E-state index contributed by atoms with van der Waals surface area (Å²) >= 11 is 0. The third-order valence-electron chi connectivity index (χ3n) is 4.07. The molecule has 0 radical (unpaired) electrons. The van der Waals surface area contributed by atoms with Gasteiger partial charge < -0.3 is 14.3 Å². The maximum atomic E-state index is 12.2. The standard InChI is InChI=1S/C19H17NO7S/c1-20(2)28(24,25)14-5-3-12(4-6-14)17(22)11-27-19(23)13-9-16(21)15-7-8-26-18(15)10-13/h3-10,21H,11H2,1-2H3. The van der Waals surface area contributed by atoms with Crippen LogP contribution in [0.4, 0.5) is 0 Å². The quantitative estimate of drug-likeness (QED) is 0.496. The largest absolute Gasteiger partial charge is 0.507 e. The number of rotatable bonds is 6. The summed E-state index contributed by atoms with van der Waals surface area (Å²) in [6.07, 6.45) is 1.38. The Hall–Kier alpha value is -3.17. The Morgan fingerprint density at radius 3 is 2.39 bits per heavy atom. The minimum atomic E-state index is -3.59. The molecule has 0 fully saturated rings. The molecule has 1 aromatic heterocycles. The highest BCUT2D eigenvalue weighted by atomic mass is 32.2. The van der Waals surface area contributed by atoms with E-state index in [-0.39, 0.29) is 21.8 Å². The fourth-order valence-electron chi connectivity index (χ4n) is 2.49. The van der Waals surface area contributed by atoms with E-state index in [1.807, 2.05) is 0 Å². The van der Waals surface area contributed by atoms with Gasteiger partial charge in [0.2, 0.25) is 10.0 Å². The number of sulfonamides is 1. The summed E-state index contributed by atoms with van der Waals surface area (Å²) in [5, 5.41) is 10.3. The highest BCUT2D eigenvalue weighted by molar-refractivity contribution is 7.89. The zero-order chi connectivity index (χ0) is 20.5. The molecule has 0 spiro atoms. The zero-order valence-corrected chi connectivity index (χ0v) is 15.9. The lowest BCUT2D eigenvalue weighted by Gasteiger charge is -2.11. The van der Waals surface area contributed by atoms with Gasteiger partial charge in [0.1, 0.15) is 11.3 Å². The number of nitrogens with zero attached hydrogens (tertiary/aromatic N) is 1. The fourth-order valence-corrected chi connectivity index (χ4v) is 3.39. The van der Waals surface area contributed by atoms with Crippen molar-refractivity contribution in [2.24, 2.45) is 0 Å². The highest BCUT2D eigenvalue weighted by Crippen LogP contribution is 2.27. The number of benzene rings is 2. The van der Waals surface area contributed by atoms with Crippen LogP contribution in [0, 0.1) is 0 Å². The molecule has 0 saturated heterocycles. The van der Waals surface area contributed by atoms with Crippen LogP contribution in [0.1, 0.15) is 20.7 Å². The number of carbonyl (C=O) groups excluding carboxylic acids is 2. The third-order valence-corrected chi connectivity index (χ3v) is 5.90. The van der Waals surface area contributed by atoms with Crippen LogP contribution in [-0.2, 0) is 14.8 Å². The number of Topliss-reactive ketones (excluding diaryl/α,β-unsaturated/α-hetero) is 1. The van der Waals surface area contributed by atoms with Crippen molar-refractivity contribution in [3.05, 3.63) is 59.9 Å². The molecule has 0 saturated carbocycles. The van der Waals surface area contributed by atoms with Gasteiger partial charge in [-0.25, -0.2) is 17.5 Å². The molecule has 1 heterocycles. The SMILES string of the molecule is CN(C)S(=O)(=O)c1ccc(C(=O)COC(=O)c2cc(O)c3ccoc3c2)cc1. The van der Waals surface area contributed by atoms with E-state index in [0.29, 0.717) is 11.0 Å². The first-order chi connectivity index (χ1) is 13.2. The van der Waals surface area contributed by atoms with Crippen molar-refractivity contribution in [3.63, 3.8) is 0 Å². The number of ketones is 1. The molecular formula is C19H17NO7S. The van der Waals surface area contributed by atoms with Crippen molar-refractivity contribution >= 4 is 32.7 Å². The highest BCUT2D eigenvalue weighted by Gasteiger charge is 2.19. The van der Waals surface area contributed by atoms with Gasteiger partial charge in [-0.2, -0.15) is 0 Å². The number of ether oxygens (including phenoxy) is 1. The van der Waals surface area contributed by atoms with Gasteiger partial charge in [-0.15, -0.1) is 0 Å². The Morgan fingerprint density at radius 2 is 1.75 bits per heavy atom. The molecule has 2 aromatic carbocycles. The molecular weight excluding hydrogens is 386 g/mol. The van der Waals surface area contributed by atoms with Gasteiger partial charge in [0.25, 0.3) is 0 Å². The summed E-state index contributed by atoms with van der Waals surface area (Å²) in [4.78, 5) is 24.4. The van der Waals surface area contributed by atoms with Crippen LogP contribution in [-0.4, -0.2) is 50.3 Å². The number of phenols is 1. The van der Waals surface area contributed by atoms with Crippen molar-refractivity contribution in [2.45, 2.75) is 4.90 Å². The zero-order valence-electron chi connectivity index (χ0n) is 15.1. The monoisotopic (exact) mass is 403 g/mol. The van der Waals surface area contributed by atoms with Crippen LogP contribution in [0.5, 0.6) is 5.75 Å². The van der Waals surface area contributed by atoms with E-state index in [2.05, 4.69) is 0 Å². The summed E-state index contributed by atoms with van der Waals surface area (Å²) in [6, 6.07) is 9.53. The predicted molar refractivity (Wildman–Crippen MR) is 99.8 cm³/mol. The van der Waals surface area contributed by atoms with Gasteiger partial charge in [0, 0.05) is 19.7 Å². The Morgan fingerprint density at radius 1 is 1.07 bits per heavy atom. The molecule has 0 bridgehead atoms. The molecule has 146 valence electrons. The number of aromatic hydroxyl groups is 1. The summed E-state index contributed by atoms with van der Waals surface area (Å²) in [5.41, 5.74) is 0.561. The first-order valence-corrected chi connectivity index (χ1v) is 9.57. The maximum absolute atomic E-state index is 12.2. The van der Waals surface area contributed by atoms with Crippen LogP contribution in [0.25, 0.3) is 11.0 Å². The van der Waals surface area contributed by atoms with E-state index >= 15 is 0 Å². The molecule has 28 heavy (non-hydrogen) atoms. The molecule has 0 unspecified atom stereocenters. The van der Waals surface area contributed by atoms with Crippen LogP contribution < -0.4 is 0 Å². The molecule has 9 heteroatoms. The lowest BCUT2D eigenvalue weighted by molar-refractivity contribution is 0.0474. The Bertz CT molecular complexity index is 1140. The van der Waals surface area contributed by atoms with Gasteiger partial charge in [-0.1, -0.05) is 0 Å². The van der Waals surface area contributed by atoms with E-state index < -0.39 is 28.4 Å². The van der Waals surface area contributed by atoms with Gasteiger partial charge in [0.15, 0.2) is 12.4 Å². The second-order valence-electron chi connectivity index (χ2n) is 6.14. The molecule has 0 amide bonds. The number of furan rings is 1. The average molecular weight is 403 g/mol. The lowest BCUT2D eigenvalue weighted by Crippen LogP contribution is -2.22. The molecule has 3 aromatic rings. The minimum Gasteiger partial charge on any atom is -0.507 e. The minimum absolute atomic E-state index is 0.0418. The molecule has 0 aliphatic rings. The maximum Gasteiger partial charge on any atom is 0.338 e. The van der Waals surface area contributed by atoms with Gasteiger partial charge >= 0.3 is 5.97 Å². The number of carbonyl (C=O) groups is 2. The summed E-state index contributed by atoms with van der Waals surface area (Å²) in [7, 11) is -0.777. The van der Waals surface area contributed by atoms with E-state index in [4.69, 9.17) is 9.15 Å².